The number of nitrogens with zero attached hydrogens (tertiary/aromatic N) is 3. The van der Waals surface area contributed by atoms with E-state index in [0.29, 0.717) is 5.69 Å². The molecule has 2 heterocycles. The zero-order valence-electron chi connectivity index (χ0n) is 10.4. The average Bonchev–Trinajstić information content (AvgIpc) is 2.65. The molecule has 0 atom stereocenters. The Bertz CT molecular complexity index is 536. The molecule has 96 valence electrons. The molecular formula is C12H15ClN4S. The average molecular weight is 283 g/mol. The summed E-state index contributed by atoms with van der Waals surface area (Å²) in [7, 11) is 0. The van der Waals surface area contributed by atoms with Crippen LogP contribution in [0.1, 0.15) is 18.3 Å². The van der Waals surface area contributed by atoms with Gasteiger partial charge in [-0.25, -0.2) is 4.98 Å². The summed E-state index contributed by atoms with van der Waals surface area (Å²) in [5.74, 6) is 0.754. The minimum atomic E-state index is 0.673. The van der Waals surface area contributed by atoms with E-state index in [-0.39, 0.29) is 0 Å². The summed E-state index contributed by atoms with van der Waals surface area (Å²) in [5.41, 5.74) is 8.19. The number of aryl methyl sites for hydroxylation is 2. The normalized spacial score (nSPS) is 10.8. The number of aromatic nitrogens is 3. The molecule has 0 aliphatic carbocycles. The van der Waals surface area contributed by atoms with Crippen LogP contribution in [0.2, 0.25) is 5.02 Å². The van der Waals surface area contributed by atoms with E-state index >= 15 is 0 Å². The lowest BCUT2D eigenvalue weighted by Crippen LogP contribution is -2.01. The minimum absolute atomic E-state index is 0.673. The van der Waals surface area contributed by atoms with Gasteiger partial charge in [0, 0.05) is 12.3 Å². The van der Waals surface area contributed by atoms with Crippen molar-refractivity contribution in [3.8, 4) is 0 Å². The van der Waals surface area contributed by atoms with E-state index in [4.69, 9.17) is 17.3 Å². The molecule has 2 aromatic rings. The van der Waals surface area contributed by atoms with E-state index in [1.54, 1.807) is 18.0 Å². The molecule has 0 aliphatic heterocycles. The quantitative estimate of drug-likeness (QED) is 0.876. The van der Waals surface area contributed by atoms with Gasteiger partial charge in [-0.05, 0) is 26.0 Å². The fourth-order valence-electron chi connectivity index (χ4n) is 1.63. The van der Waals surface area contributed by atoms with Gasteiger partial charge >= 0.3 is 0 Å². The summed E-state index contributed by atoms with van der Waals surface area (Å²) >= 11 is 7.87. The molecule has 0 saturated carbocycles. The van der Waals surface area contributed by atoms with E-state index in [1.807, 2.05) is 23.7 Å². The van der Waals surface area contributed by atoms with Crippen molar-refractivity contribution >= 4 is 29.1 Å². The van der Waals surface area contributed by atoms with Crippen LogP contribution in [0, 0.1) is 6.92 Å². The Morgan fingerprint density at radius 1 is 1.44 bits per heavy atom. The molecule has 0 fully saturated rings. The van der Waals surface area contributed by atoms with Crippen molar-refractivity contribution in [1.82, 2.24) is 14.8 Å². The standard InChI is InChI=1S/C12H15ClN4S/c1-3-17-10(12(13)8(2)16-17)7-18-11-5-4-9(14)6-15-11/h4-6H,3,7,14H2,1-2H3. The highest BCUT2D eigenvalue weighted by atomic mass is 35.5. The molecule has 2 aromatic heterocycles. The lowest BCUT2D eigenvalue weighted by molar-refractivity contribution is 0.632. The van der Waals surface area contributed by atoms with Crippen LogP contribution < -0.4 is 5.73 Å². The Morgan fingerprint density at radius 3 is 2.83 bits per heavy atom. The minimum Gasteiger partial charge on any atom is -0.397 e. The lowest BCUT2D eigenvalue weighted by Gasteiger charge is -2.05. The molecule has 0 unspecified atom stereocenters. The molecule has 2 rings (SSSR count). The smallest absolute Gasteiger partial charge is 0.0965 e. The molecule has 6 heteroatoms. The number of nitrogen functional groups attached to an aromatic ring is 1. The Balaban J connectivity index is 2.12. The third kappa shape index (κ3) is 2.79. The highest BCUT2D eigenvalue weighted by Crippen LogP contribution is 2.27. The number of rotatable bonds is 4. The lowest BCUT2D eigenvalue weighted by atomic mass is 10.4. The van der Waals surface area contributed by atoms with Crippen LogP contribution in [0.25, 0.3) is 0 Å². The molecule has 4 nitrogen and oxygen atoms in total. The van der Waals surface area contributed by atoms with Crippen molar-refractivity contribution in [2.24, 2.45) is 0 Å². The predicted octanol–water partition coefficient (Wildman–Crippen LogP) is 3.13. The van der Waals surface area contributed by atoms with Crippen LogP contribution in [0.3, 0.4) is 0 Å². The maximum Gasteiger partial charge on any atom is 0.0965 e. The summed E-state index contributed by atoms with van der Waals surface area (Å²) in [4.78, 5) is 4.25. The number of anilines is 1. The molecule has 0 spiro atoms. The highest BCUT2D eigenvalue weighted by Gasteiger charge is 2.12. The number of thioether (sulfide) groups is 1. The summed E-state index contributed by atoms with van der Waals surface area (Å²) in [6.45, 7) is 4.79. The summed E-state index contributed by atoms with van der Waals surface area (Å²) < 4.78 is 1.93. The molecule has 0 radical (unpaired) electrons. The second-order valence-electron chi connectivity index (χ2n) is 3.88. The van der Waals surface area contributed by atoms with Crippen LogP contribution in [-0.4, -0.2) is 14.8 Å². The maximum atomic E-state index is 6.25. The molecule has 2 N–H and O–H groups in total. The van der Waals surface area contributed by atoms with E-state index in [9.17, 15) is 0 Å². The van der Waals surface area contributed by atoms with E-state index in [1.165, 1.54) is 0 Å². The topological polar surface area (TPSA) is 56.7 Å². The highest BCUT2D eigenvalue weighted by molar-refractivity contribution is 7.98. The number of nitrogens with two attached hydrogens (primary N) is 1. The van der Waals surface area contributed by atoms with Crippen molar-refractivity contribution in [3.05, 3.63) is 34.7 Å². The Hall–Kier alpha value is -1.20. The van der Waals surface area contributed by atoms with Crippen molar-refractivity contribution in [1.29, 1.82) is 0 Å². The largest absolute Gasteiger partial charge is 0.397 e. The van der Waals surface area contributed by atoms with Gasteiger partial charge in [-0.3, -0.25) is 4.68 Å². The molecule has 0 amide bonds. The van der Waals surface area contributed by atoms with Gasteiger partial charge in [-0.15, -0.1) is 0 Å². The Kier molecular flexibility index (Phi) is 4.14. The zero-order chi connectivity index (χ0) is 13.1. The van der Waals surface area contributed by atoms with E-state index < -0.39 is 0 Å². The zero-order valence-corrected chi connectivity index (χ0v) is 11.9. The van der Waals surface area contributed by atoms with Gasteiger partial charge in [0.25, 0.3) is 0 Å². The second-order valence-corrected chi connectivity index (χ2v) is 5.25. The second kappa shape index (κ2) is 5.63. The number of pyridine rings is 1. The Morgan fingerprint density at radius 2 is 2.22 bits per heavy atom. The molecule has 18 heavy (non-hydrogen) atoms. The van der Waals surface area contributed by atoms with Gasteiger partial charge in [-0.1, -0.05) is 23.4 Å². The van der Waals surface area contributed by atoms with Gasteiger partial charge in [0.15, 0.2) is 0 Å². The predicted molar refractivity (Wildman–Crippen MR) is 75.9 cm³/mol. The number of hydrogen-bond acceptors (Lipinski definition) is 4. The monoisotopic (exact) mass is 282 g/mol. The van der Waals surface area contributed by atoms with E-state index in [2.05, 4.69) is 17.0 Å². The molecule has 0 aliphatic rings. The maximum absolute atomic E-state index is 6.25. The number of halogens is 1. The van der Waals surface area contributed by atoms with Gasteiger partial charge in [0.05, 0.1) is 33.3 Å². The van der Waals surface area contributed by atoms with Gasteiger partial charge in [0.1, 0.15) is 0 Å². The first-order valence-corrected chi connectivity index (χ1v) is 7.04. The summed E-state index contributed by atoms with van der Waals surface area (Å²) in [6, 6.07) is 3.76. The summed E-state index contributed by atoms with van der Waals surface area (Å²) in [5, 5.41) is 6.07. The van der Waals surface area contributed by atoms with Crippen molar-refractivity contribution in [3.63, 3.8) is 0 Å². The van der Waals surface area contributed by atoms with Crippen LogP contribution in [-0.2, 0) is 12.3 Å². The first kappa shape index (κ1) is 13.2. The van der Waals surface area contributed by atoms with Crippen LogP contribution in [0.5, 0.6) is 0 Å². The van der Waals surface area contributed by atoms with Crippen LogP contribution >= 0.6 is 23.4 Å². The molecular weight excluding hydrogens is 268 g/mol. The SMILES string of the molecule is CCn1nc(C)c(Cl)c1CSc1ccc(N)cn1. The van der Waals surface area contributed by atoms with Gasteiger partial charge in [-0.2, -0.15) is 5.10 Å². The first-order chi connectivity index (χ1) is 8.61. The molecule has 0 bridgehead atoms. The van der Waals surface area contributed by atoms with Crippen molar-refractivity contribution in [2.45, 2.75) is 31.2 Å². The van der Waals surface area contributed by atoms with Crippen LogP contribution in [0.15, 0.2) is 23.4 Å². The number of hydrogen-bond donors (Lipinski definition) is 1. The van der Waals surface area contributed by atoms with Gasteiger partial charge < -0.3 is 5.73 Å². The van der Waals surface area contributed by atoms with Gasteiger partial charge in [0.2, 0.25) is 0 Å². The summed E-state index contributed by atoms with van der Waals surface area (Å²) in [6.07, 6.45) is 1.66. The van der Waals surface area contributed by atoms with Crippen molar-refractivity contribution < 1.29 is 0 Å². The van der Waals surface area contributed by atoms with Crippen LogP contribution in [0.4, 0.5) is 5.69 Å². The van der Waals surface area contributed by atoms with Crippen molar-refractivity contribution in [2.75, 3.05) is 5.73 Å². The third-order valence-electron chi connectivity index (χ3n) is 2.57. The first-order valence-electron chi connectivity index (χ1n) is 5.68. The molecule has 0 saturated heterocycles. The fourth-order valence-corrected chi connectivity index (χ4v) is 2.78. The Labute approximate surface area is 116 Å². The van der Waals surface area contributed by atoms with E-state index in [0.717, 1.165) is 33.7 Å². The third-order valence-corrected chi connectivity index (χ3v) is 4.02. The fraction of sp³-hybridized carbons (Fsp3) is 0.333. The molecule has 0 aromatic carbocycles.